The molecule has 0 radical (unpaired) electrons. The first kappa shape index (κ1) is 11.6. The van der Waals surface area contributed by atoms with Crippen LogP contribution in [-0.2, 0) is 11.3 Å². The molecular formula is C10H13N3O4. The molecule has 1 aliphatic rings. The van der Waals surface area contributed by atoms with Crippen molar-refractivity contribution in [2.75, 3.05) is 6.54 Å². The quantitative estimate of drug-likeness (QED) is 0.631. The second kappa shape index (κ2) is 4.96. The van der Waals surface area contributed by atoms with E-state index in [4.69, 9.17) is 9.63 Å². The van der Waals surface area contributed by atoms with Crippen molar-refractivity contribution in [3.8, 4) is 0 Å². The molecule has 1 fully saturated rings. The third kappa shape index (κ3) is 3.56. The lowest BCUT2D eigenvalue weighted by molar-refractivity contribution is -0.120. The van der Waals surface area contributed by atoms with E-state index in [1.54, 1.807) is 0 Å². The highest BCUT2D eigenvalue weighted by molar-refractivity contribution is 5.85. The molecule has 7 nitrogen and oxygen atoms in total. The summed E-state index contributed by atoms with van der Waals surface area (Å²) in [4.78, 5) is 21.8. The Bertz CT molecular complexity index is 425. The maximum atomic E-state index is 11.3. The van der Waals surface area contributed by atoms with Gasteiger partial charge in [0.1, 0.15) is 0 Å². The third-order valence-electron chi connectivity index (χ3n) is 2.31. The summed E-state index contributed by atoms with van der Waals surface area (Å²) in [5.74, 6) is -0.807. The zero-order chi connectivity index (χ0) is 12.3. The highest BCUT2D eigenvalue weighted by Crippen LogP contribution is 2.18. The van der Waals surface area contributed by atoms with Crippen molar-refractivity contribution < 1.29 is 19.2 Å². The van der Waals surface area contributed by atoms with Crippen LogP contribution in [0.3, 0.4) is 0 Å². The first-order chi connectivity index (χ1) is 8.15. The van der Waals surface area contributed by atoms with Gasteiger partial charge in [0.2, 0.25) is 5.91 Å². The minimum Gasteiger partial charge on any atom is -0.476 e. The lowest BCUT2D eigenvalue weighted by Crippen LogP contribution is -2.34. The minimum absolute atomic E-state index is 0.0644. The van der Waals surface area contributed by atoms with E-state index in [0.29, 0.717) is 11.8 Å². The normalized spacial score (nSPS) is 14.6. The zero-order valence-corrected chi connectivity index (χ0v) is 9.10. The number of nitrogens with one attached hydrogen (secondary N) is 2. The van der Waals surface area contributed by atoms with Gasteiger partial charge in [0.05, 0.1) is 13.1 Å². The van der Waals surface area contributed by atoms with Crippen LogP contribution in [0.5, 0.6) is 0 Å². The van der Waals surface area contributed by atoms with Gasteiger partial charge in [0, 0.05) is 12.1 Å². The first-order valence-electron chi connectivity index (χ1n) is 5.34. The SMILES string of the molecule is O=C(CNCc1cc(C(=O)O)no1)NC1CC1. The van der Waals surface area contributed by atoms with Gasteiger partial charge in [-0.3, -0.25) is 4.79 Å². The van der Waals surface area contributed by atoms with Crippen LogP contribution in [0.1, 0.15) is 29.1 Å². The van der Waals surface area contributed by atoms with Gasteiger partial charge in [0.25, 0.3) is 0 Å². The topological polar surface area (TPSA) is 104 Å². The fourth-order valence-corrected chi connectivity index (χ4v) is 1.30. The number of aromatic nitrogens is 1. The standard InChI is InChI=1S/C10H13N3O4/c14-9(12-6-1-2-6)5-11-4-7-3-8(10(15)16)13-17-7/h3,6,11H,1-2,4-5H2,(H,12,14)(H,15,16). The molecule has 0 spiro atoms. The van der Waals surface area contributed by atoms with Gasteiger partial charge < -0.3 is 20.3 Å². The van der Waals surface area contributed by atoms with E-state index in [1.807, 2.05) is 0 Å². The molecule has 1 amide bonds. The van der Waals surface area contributed by atoms with Gasteiger partial charge in [0.15, 0.2) is 11.5 Å². The average Bonchev–Trinajstić information content (AvgIpc) is 2.94. The second-order valence-corrected chi connectivity index (χ2v) is 3.93. The Morgan fingerprint density at radius 3 is 2.88 bits per heavy atom. The molecule has 0 aliphatic heterocycles. The molecule has 1 heterocycles. The molecule has 92 valence electrons. The Hall–Kier alpha value is -1.89. The highest BCUT2D eigenvalue weighted by atomic mass is 16.5. The minimum atomic E-state index is -1.13. The van der Waals surface area contributed by atoms with E-state index < -0.39 is 5.97 Å². The largest absolute Gasteiger partial charge is 0.476 e. The van der Waals surface area contributed by atoms with Gasteiger partial charge in [-0.05, 0) is 12.8 Å². The van der Waals surface area contributed by atoms with E-state index in [-0.39, 0.29) is 24.7 Å². The zero-order valence-electron chi connectivity index (χ0n) is 9.10. The lowest BCUT2D eigenvalue weighted by atomic mass is 10.3. The molecule has 2 rings (SSSR count). The number of rotatable bonds is 6. The predicted molar refractivity (Wildman–Crippen MR) is 56.3 cm³/mol. The number of carboxylic acid groups (broad SMARTS) is 1. The summed E-state index contributed by atoms with van der Waals surface area (Å²) in [6, 6.07) is 1.67. The number of carbonyl (C=O) groups excluding carboxylic acids is 1. The average molecular weight is 239 g/mol. The van der Waals surface area contributed by atoms with Crippen LogP contribution in [-0.4, -0.2) is 34.7 Å². The summed E-state index contributed by atoms with van der Waals surface area (Å²) in [6.45, 7) is 0.456. The Morgan fingerprint density at radius 1 is 1.53 bits per heavy atom. The molecule has 1 aliphatic carbocycles. The molecular weight excluding hydrogens is 226 g/mol. The van der Waals surface area contributed by atoms with Crippen LogP contribution in [0.15, 0.2) is 10.6 Å². The van der Waals surface area contributed by atoms with E-state index >= 15 is 0 Å². The molecule has 0 atom stereocenters. The van der Waals surface area contributed by atoms with Crippen LogP contribution in [0.4, 0.5) is 0 Å². The molecule has 0 unspecified atom stereocenters. The monoisotopic (exact) mass is 239 g/mol. The Balaban J connectivity index is 1.69. The van der Waals surface area contributed by atoms with Gasteiger partial charge in [-0.25, -0.2) is 4.79 Å². The molecule has 1 aromatic heterocycles. The summed E-state index contributed by atoms with van der Waals surface area (Å²) in [6.07, 6.45) is 2.10. The molecule has 0 saturated heterocycles. The summed E-state index contributed by atoms with van der Waals surface area (Å²) in [5.41, 5.74) is -0.135. The molecule has 17 heavy (non-hydrogen) atoms. The van der Waals surface area contributed by atoms with Crippen LogP contribution in [0.2, 0.25) is 0 Å². The van der Waals surface area contributed by atoms with Crippen molar-refractivity contribution in [3.05, 3.63) is 17.5 Å². The molecule has 7 heteroatoms. The Labute approximate surface area is 97.2 Å². The van der Waals surface area contributed by atoms with Crippen LogP contribution in [0, 0.1) is 0 Å². The number of amides is 1. The highest BCUT2D eigenvalue weighted by Gasteiger charge is 2.22. The van der Waals surface area contributed by atoms with Crippen molar-refractivity contribution in [1.82, 2.24) is 15.8 Å². The van der Waals surface area contributed by atoms with E-state index in [9.17, 15) is 9.59 Å². The molecule has 0 aromatic carbocycles. The van der Waals surface area contributed by atoms with E-state index in [0.717, 1.165) is 12.8 Å². The first-order valence-corrected chi connectivity index (χ1v) is 5.34. The second-order valence-electron chi connectivity index (χ2n) is 3.93. The fraction of sp³-hybridized carbons (Fsp3) is 0.500. The van der Waals surface area contributed by atoms with Crippen molar-refractivity contribution in [2.45, 2.75) is 25.4 Å². The van der Waals surface area contributed by atoms with Crippen molar-refractivity contribution in [1.29, 1.82) is 0 Å². The Morgan fingerprint density at radius 2 is 2.29 bits per heavy atom. The maximum Gasteiger partial charge on any atom is 0.358 e. The summed E-state index contributed by atoms with van der Waals surface area (Å²) in [7, 11) is 0. The number of nitrogens with zero attached hydrogens (tertiary/aromatic N) is 1. The summed E-state index contributed by atoms with van der Waals surface area (Å²) < 4.78 is 4.78. The smallest absolute Gasteiger partial charge is 0.358 e. The van der Waals surface area contributed by atoms with E-state index in [2.05, 4.69) is 15.8 Å². The van der Waals surface area contributed by atoms with Gasteiger partial charge in [-0.1, -0.05) is 5.16 Å². The molecule has 0 bridgehead atoms. The number of hydrogen-bond donors (Lipinski definition) is 3. The molecule has 1 aromatic rings. The van der Waals surface area contributed by atoms with Crippen LogP contribution < -0.4 is 10.6 Å². The van der Waals surface area contributed by atoms with E-state index in [1.165, 1.54) is 6.07 Å². The lowest BCUT2D eigenvalue weighted by Gasteiger charge is -2.03. The number of carboxylic acids is 1. The van der Waals surface area contributed by atoms with Gasteiger partial charge >= 0.3 is 5.97 Å². The Kier molecular flexibility index (Phi) is 3.38. The predicted octanol–water partition coefficient (Wildman–Crippen LogP) is -0.259. The number of aromatic carboxylic acids is 1. The molecule has 3 N–H and O–H groups in total. The molecule has 1 saturated carbocycles. The van der Waals surface area contributed by atoms with Crippen LogP contribution in [0.25, 0.3) is 0 Å². The van der Waals surface area contributed by atoms with Gasteiger partial charge in [-0.15, -0.1) is 0 Å². The van der Waals surface area contributed by atoms with Crippen molar-refractivity contribution in [2.24, 2.45) is 0 Å². The fourth-order valence-electron chi connectivity index (χ4n) is 1.30. The third-order valence-corrected chi connectivity index (χ3v) is 2.31. The number of carbonyl (C=O) groups is 2. The van der Waals surface area contributed by atoms with Crippen molar-refractivity contribution in [3.63, 3.8) is 0 Å². The maximum absolute atomic E-state index is 11.3. The summed E-state index contributed by atoms with van der Waals surface area (Å²) >= 11 is 0. The van der Waals surface area contributed by atoms with Gasteiger partial charge in [-0.2, -0.15) is 0 Å². The van der Waals surface area contributed by atoms with Crippen molar-refractivity contribution >= 4 is 11.9 Å². The number of hydrogen-bond acceptors (Lipinski definition) is 5. The van der Waals surface area contributed by atoms with Crippen LogP contribution >= 0.6 is 0 Å². The summed E-state index contributed by atoms with van der Waals surface area (Å²) in [5, 5.41) is 17.6.